The Kier molecular flexibility index (Phi) is 7.18. The molecule has 0 saturated carbocycles. The van der Waals surface area contributed by atoms with Crippen molar-refractivity contribution in [1.29, 1.82) is 0 Å². The van der Waals surface area contributed by atoms with Crippen LogP contribution in [0, 0.1) is 0 Å². The fraction of sp³-hybridized carbons (Fsp3) is 0.462. The molecule has 2 aromatic rings. The summed E-state index contributed by atoms with van der Waals surface area (Å²) in [7, 11) is 0. The number of benzene rings is 1. The van der Waals surface area contributed by atoms with Crippen LogP contribution < -0.4 is 0 Å². The van der Waals surface area contributed by atoms with Crippen LogP contribution in [0.4, 0.5) is 0 Å². The second kappa shape index (κ2) is 10.3. The second-order valence-corrected chi connectivity index (χ2v) is 8.79. The fourth-order valence-corrected chi connectivity index (χ4v) is 4.83. The number of aromatic nitrogens is 1. The van der Waals surface area contributed by atoms with Crippen LogP contribution in [0.5, 0.6) is 0 Å². The summed E-state index contributed by atoms with van der Waals surface area (Å²) in [6.07, 6.45) is 4.14. The quantitative estimate of drug-likeness (QED) is 0.550. The largest absolute Gasteiger partial charge is 0.376 e. The maximum absolute atomic E-state index is 13.7. The summed E-state index contributed by atoms with van der Waals surface area (Å²) in [6.45, 7) is 3.97. The lowest BCUT2D eigenvalue weighted by Gasteiger charge is -2.31. The van der Waals surface area contributed by atoms with Gasteiger partial charge < -0.3 is 9.64 Å². The molecule has 0 N–H and O–H groups in total. The van der Waals surface area contributed by atoms with Crippen molar-refractivity contribution in [2.24, 2.45) is 0 Å². The van der Waals surface area contributed by atoms with Crippen molar-refractivity contribution >= 4 is 17.7 Å². The van der Waals surface area contributed by atoms with Crippen molar-refractivity contribution in [1.82, 2.24) is 14.8 Å². The number of pyridine rings is 1. The molecule has 0 bridgehead atoms. The van der Waals surface area contributed by atoms with Crippen molar-refractivity contribution in [2.75, 3.05) is 26.2 Å². The summed E-state index contributed by atoms with van der Waals surface area (Å²) in [6, 6.07) is 14.8. The fourth-order valence-electron chi connectivity index (χ4n) is 4.83. The molecule has 7 heteroatoms. The van der Waals surface area contributed by atoms with Crippen LogP contribution in [0.2, 0.25) is 0 Å². The maximum atomic E-state index is 13.7. The van der Waals surface area contributed by atoms with E-state index >= 15 is 0 Å². The Bertz CT molecular complexity index is 976. The molecule has 3 amide bonds. The summed E-state index contributed by atoms with van der Waals surface area (Å²) in [5.41, 5.74) is 0.356. The number of nitrogens with zero attached hydrogens (tertiary/aromatic N) is 3. The lowest BCUT2D eigenvalue weighted by molar-refractivity contribution is -0.143. The summed E-state index contributed by atoms with van der Waals surface area (Å²) >= 11 is 0. The average molecular weight is 450 g/mol. The number of carbonyl (C=O) groups excluding carboxylic acids is 3. The van der Waals surface area contributed by atoms with Gasteiger partial charge in [0, 0.05) is 57.4 Å². The van der Waals surface area contributed by atoms with E-state index in [2.05, 4.69) is 4.98 Å². The standard InChI is InChI=1S/C26H31N3O4/c1-2-28(19-22-12-8-16-33-22)23(30)17-26(20-9-4-3-5-10-20)18-24(31)29(25(26)32)15-13-21-11-6-7-14-27-21/h3-7,9-11,14,22H,2,8,12-13,15-19H2,1H3/t22-,26-/m1/s1. The summed E-state index contributed by atoms with van der Waals surface area (Å²) in [5, 5.41) is 0. The van der Waals surface area contributed by atoms with Crippen molar-refractivity contribution in [2.45, 2.75) is 50.5 Å². The predicted molar refractivity (Wildman–Crippen MR) is 123 cm³/mol. The monoisotopic (exact) mass is 449 g/mol. The highest BCUT2D eigenvalue weighted by atomic mass is 16.5. The highest BCUT2D eigenvalue weighted by Crippen LogP contribution is 2.40. The third-order valence-corrected chi connectivity index (χ3v) is 6.69. The molecular formula is C26H31N3O4. The van der Waals surface area contributed by atoms with Gasteiger partial charge in [-0.25, -0.2) is 0 Å². The Balaban J connectivity index is 1.56. The third-order valence-electron chi connectivity index (χ3n) is 6.69. The molecule has 0 aliphatic carbocycles. The number of ether oxygens (including phenoxy) is 1. The number of likely N-dealkylation sites (tertiary alicyclic amines) is 1. The first-order chi connectivity index (χ1) is 16.0. The van der Waals surface area contributed by atoms with Gasteiger partial charge in [-0.15, -0.1) is 0 Å². The first-order valence-corrected chi connectivity index (χ1v) is 11.7. The third kappa shape index (κ3) is 4.98. The van der Waals surface area contributed by atoms with Gasteiger partial charge in [-0.1, -0.05) is 36.4 Å². The first kappa shape index (κ1) is 23.1. The Labute approximate surface area is 194 Å². The molecule has 2 atom stereocenters. The second-order valence-electron chi connectivity index (χ2n) is 8.79. The zero-order chi connectivity index (χ0) is 23.3. The molecule has 1 aromatic carbocycles. The Morgan fingerprint density at radius 1 is 1.18 bits per heavy atom. The van der Waals surface area contributed by atoms with Crippen LogP contribution in [-0.2, 0) is 31.0 Å². The number of amides is 3. The van der Waals surface area contributed by atoms with Crippen molar-refractivity contribution < 1.29 is 19.1 Å². The minimum Gasteiger partial charge on any atom is -0.376 e. The molecule has 4 rings (SSSR count). The maximum Gasteiger partial charge on any atom is 0.240 e. The number of carbonyl (C=O) groups is 3. The lowest BCUT2D eigenvalue weighted by atomic mass is 9.75. The molecule has 0 radical (unpaired) electrons. The number of likely N-dealkylation sites (N-methyl/N-ethyl adjacent to an activating group) is 1. The van der Waals surface area contributed by atoms with E-state index in [4.69, 9.17) is 4.74 Å². The molecule has 33 heavy (non-hydrogen) atoms. The van der Waals surface area contributed by atoms with E-state index in [1.54, 1.807) is 11.1 Å². The van der Waals surface area contributed by atoms with E-state index in [0.717, 1.165) is 25.1 Å². The Morgan fingerprint density at radius 3 is 2.64 bits per heavy atom. The molecule has 7 nitrogen and oxygen atoms in total. The van der Waals surface area contributed by atoms with E-state index in [1.165, 1.54) is 4.90 Å². The van der Waals surface area contributed by atoms with Gasteiger partial charge in [0.05, 0.1) is 11.5 Å². The molecule has 0 unspecified atom stereocenters. The molecule has 3 heterocycles. The van der Waals surface area contributed by atoms with Crippen molar-refractivity contribution in [3.63, 3.8) is 0 Å². The highest BCUT2D eigenvalue weighted by Gasteiger charge is 2.53. The smallest absolute Gasteiger partial charge is 0.240 e. The summed E-state index contributed by atoms with van der Waals surface area (Å²) in [4.78, 5) is 47.6. The zero-order valence-electron chi connectivity index (χ0n) is 19.1. The van der Waals surface area contributed by atoms with Crippen LogP contribution in [-0.4, -0.2) is 64.9 Å². The van der Waals surface area contributed by atoms with Gasteiger partial charge in [0.15, 0.2) is 0 Å². The van der Waals surface area contributed by atoms with Gasteiger partial charge in [0.1, 0.15) is 0 Å². The summed E-state index contributed by atoms with van der Waals surface area (Å²) < 4.78 is 5.72. The number of rotatable bonds is 9. The van der Waals surface area contributed by atoms with Gasteiger partial charge in [0.2, 0.25) is 17.7 Å². The molecule has 2 aliphatic rings. The van der Waals surface area contributed by atoms with Crippen LogP contribution in [0.25, 0.3) is 0 Å². The molecular weight excluding hydrogens is 418 g/mol. The van der Waals surface area contributed by atoms with E-state index in [0.29, 0.717) is 25.1 Å². The molecule has 2 fully saturated rings. The van der Waals surface area contributed by atoms with Gasteiger partial charge in [0.25, 0.3) is 0 Å². The Hall–Kier alpha value is -3.06. The number of imide groups is 1. The first-order valence-electron chi connectivity index (χ1n) is 11.7. The van der Waals surface area contributed by atoms with E-state index in [9.17, 15) is 14.4 Å². The highest BCUT2D eigenvalue weighted by molar-refractivity contribution is 6.10. The van der Waals surface area contributed by atoms with Crippen LogP contribution >= 0.6 is 0 Å². The SMILES string of the molecule is CCN(C[C@H]1CCCO1)C(=O)C[C@]1(c2ccccc2)CC(=O)N(CCc2ccccn2)C1=O. The van der Waals surface area contributed by atoms with Crippen molar-refractivity contribution in [3.8, 4) is 0 Å². The van der Waals surface area contributed by atoms with Gasteiger partial charge in [-0.05, 0) is 37.5 Å². The predicted octanol–water partition coefficient (Wildman–Crippen LogP) is 2.74. The van der Waals surface area contributed by atoms with E-state index in [-0.39, 0.29) is 43.2 Å². The zero-order valence-corrected chi connectivity index (χ0v) is 19.1. The normalized spacial score (nSPS) is 22.7. The lowest BCUT2D eigenvalue weighted by Crippen LogP contribution is -2.45. The number of hydrogen-bond acceptors (Lipinski definition) is 5. The molecule has 2 aliphatic heterocycles. The Morgan fingerprint density at radius 2 is 1.97 bits per heavy atom. The topological polar surface area (TPSA) is 79.8 Å². The molecule has 0 spiro atoms. The average Bonchev–Trinajstić information content (AvgIpc) is 3.44. The minimum atomic E-state index is -1.18. The molecule has 174 valence electrons. The summed E-state index contributed by atoms with van der Waals surface area (Å²) in [5.74, 6) is -0.657. The molecule has 1 aromatic heterocycles. The van der Waals surface area contributed by atoms with Crippen LogP contribution in [0.15, 0.2) is 54.7 Å². The van der Waals surface area contributed by atoms with Gasteiger partial charge in [-0.3, -0.25) is 24.3 Å². The van der Waals surface area contributed by atoms with E-state index < -0.39 is 5.41 Å². The molecule has 2 saturated heterocycles. The van der Waals surface area contributed by atoms with E-state index in [1.807, 2.05) is 55.5 Å². The van der Waals surface area contributed by atoms with Gasteiger partial charge >= 0.3 is 0 Å². The van der Waals surface area contributed by atoms with Gasteiger partial charge in [-0.2, -0.15) is 0 Å². The number of hydrogen-bond donors (Lipinski definition) is 0. The van der Waals surface area contributed by atoms with Crippen LogP contribution in [0.1, 0.15) is 43.9 Å². The van der Waals surface area contributed by atoms with Crippen molar-refractivity contribution in [3.05, 3.63) is 66.0 Å². The van der Waals surface area contributed by atoms with Crippen LogP contribution in [0.3, 0.4) is 0 Å². The minimum absolute atomic E-state index is 0.00128.